The highest BCUT2D eigenvalue weighted by Crippen LogP contribution is 2.40. The molecular weight excluding hydrogens is 354 g/mol. The van der Waals surface area contributed by atoms with Crippen LogP contribution < -0.4 is 15.0 Å². The second-order valence-corrected chi connectivity index (χ2v) is 7.80. The summed E-state index contributed by atoms with van der Waals surface area (Å²) < 4.78 is 5.49. The van der Waals surface area contributed by atoms with E-state index in [1.54, 1.807) is 7.11 Å². The molecule has 1 spiro atoms. The molecule has 1 atom stereocenters. The van der Waals surface area contributed by atoms with E-state index in [-0.39, 0.29) is 5.91 Å². The van der Waals surface area contributed by atoms with Gasteiger partial charge in [0.1, 0.15) is 5.75 Å². The van der Waals surface area contributed by atoms with Gasteiger partial charge in [0.25, 0.3) is 0 Å². The van der Waals surface area contributed by atoms with E-state index in [4.69, 9.17) is 9.73 Å². The molecule has 2 heterocycles. The van der Waals surface area contributed by atoms with Gasteiger partial charge in [-0.3, -0.25) is 10.1 Å². The number of piperazine rings is 1. The molecule has 0 radical (unpaired) electrons. The zero-order valence-corrected chi connectivity index (χ0v) is 16.4. The molecule has 1 aliphatic carbocycles. The zero-order chi connectivity index (χ0) is 19.6. The fourth-order valence-electron chi connectivity index (χ4n) is 4.67. The van der Waals surface area contributed by atoms with E-state index in [0.717, 1.165) is 69.7 Å². The van der Waals surface area contributed by atoms with Gasteiger partial charge < -0.3 is 14.5 Å². The third-order valence-electron chi connectivity index (χ3n) is 6.22. The summed E-state index contributed by atoms with van der Waals surface area (Å²) in [6, 6.07) is 10.3. The molecule has 0 aromatic heterocycles. The number of hydrogen-bond donors (Lipinski definition) is 1. The highest BCUT2D eigenvalue weighted by molar-refractivity contribution is 6.02. The summed E-state index contributed by atoms with van der Waals surface area (Å²) in [5, 5.41) is 12.5. The second kappa shape index (κ2) is 7.70. The van der Waals surface area contributed by atoms with E-state index in [0.29, 0.717) is 5.96 Å². The summed E-state index contributed by atoms with van der Waals surface area (Å²) in [5.41, 5.74) is 0.553. The molecular formula is C21H27N5O2. The molecule has 7 heteroatoms. The van der Waals surface area contributed by atoms with Crippen LogP contribution in [-0.2, 0) is 4.79 Å². The Morgan fingerprint density at radius 3 is 2.50 bits per heavy atom. The number of methoxy groups -OCH3 is 1. The van der Waals surface area contributed by atoms with Crippen molar-refractivity contribution in [2.24, 2.45) is 10.9 Å². The second-order valence-electron chi connectivity index (χ2n) is 7.80. The maximum atomic E-state index is 12.7. The van der Waals surface area contributed by atoms with Gasteiger partial charge >= 0.3 is 0 Å². The summed E-state index contributed by atoms with van der Waals surface area (Å²) in [5.74, 6) is 0.656. The molecule has 1 saturated heterocycles. The van der Waals surface area contributed by atoms with Gasteiger partial charge in [-0.2, -0.15) is 5.26 Å². The maximum absolute atomic E-state index is 12.7. The Labute approximate surface area is 166 Å². The minimum Gasteiger partial charge on any atom is -0.495 e. The lowest BCUT2D eigenvalue weighted by atomic mass is 9.72. The topological polar surface area (TPSA) is 81.0 Å². The number of nitrogens with zero attached hydrogens (tertiary/aromatic N) is 4. The number of anilines is 1. The lowest BCUT2D eigenvalue weighted by molar-refractivity contribution is -0.125. The normalized spacial score (nSPS) is 24.4. The van der Waals surface area contributed by atoms with E-state index in [1.165, 1.54) is 0 Å². The fraction of sp³-hybridized carbons (Fsp3) is 0.571. The van der Waals surface area contributed by atoms with Gasteiger partial charge in [0, 0.05) is 26.2 Å². The monoisotopic (exact) mass is 381 g/mol. The first-order valence-corrected chi connectivity index (χ1v) is 10.1. The Kier molecular flexibility index (Phi) is 5.12. The maximum Gasteiger partial charge on any atom is 0.246 e. The van der Waals surface area contributed by atoms with Crippen molar-refractivity contribution < 1.29 is 9.53 Å². The van der Waals surface area contributed by atoms with Gasteiger partial charge in [-0.25, -0.2) is 4.99 Å². The van der Waals surface area contributed by atoms with E-state index in [2.05, 4.69) is 27.3 Å². The first-order chi connectivity index (χ1) is 13.7. The highest BCUT2D eigenvalue weighted by Gasteiger charge is 2.48. The summed E-state index contributed by atoms with van der Waals surface area (Å²) in [6.45, 7) is 3.18. The fourth-order valence-corrected chi connectivity index (χ4v) is 4.67. The summed E-state index contributed by atoms with van der Waals surface area (Å²) in [4.78, 5) is 22.1. The van der Waals surface area contributed by atoms with E-state index < -0.39 is 11.5 Å². The molecule has 7 nitrogen and oxygen atoms in total. The molecule has 1 aromatic carbocycles. The summed E-state index contributed by atoms with van der Waals surface area (Å²) in [6.07, 6.45) is 4.87. The number of para-hydroxylation sites is 2. The van der Waals surface area contributed by atoms with Crippen molar-refractivity contribution in [2.45, 2.75) is 37.6 Å². The van der Waals surface area contributed by atoms with E-state index in [9.17, 15) is 10.1 Å². The van der Waals surface area contributed by atoms with Crippen LogP contribution in [0.15, 0.2) is 29.3 Å². The van der Waals surface area contributed by atoms with Crippen LogP contribution in [0.5, 0.6) is 5.75 Å². The number of nitriles is 1. The SMILES string of the molecule is COc1ccccc1N1CCN(C2=NC3(CCCCC3)[C@@H](C#N)C(=O)N2)CC1. The van der Waals surface area contributed by atoms with Crippen LogP contribution in [0.4, 0.5) is 5.69 Å². The zero-order valence-electron chi connectivity index (χ0n) is 16.4. The van der Waals surface area contributed by atoms with E-state index >= 15 is 0 Å². The highest BCUT2D eigenvalue weighted by atomic mass is 16.5. The third-order valence-corrected chi connectivity index (χ3v) is 6.22. The average molecular weight is 381 g/mol. The van der Waals surface area contributed by atoms with Crippen LogP contribution in [0.3, 0.4) is 0 Å². The third kappa shape index (κ3) is 3.28. The number of amides is 1. The van der Waals surface area contributed by atoms with Crippen molar-refractivity contribution >= 4 is 17.6 Å². The minimum atomic E-state index is -0.675. The molecule has 3 aliphatic rings. The standard InChI is InChI=1S/C21H27N5O2/c1-28-18-8-4-3-7-17(18)25-11-13-26(14-12-25)20-23-19(27)16(15-22)21(24-20)9-5-2-6-10-21/h3-4,7-8,16H,2,5-6,9-14H2,1H3,(H,23,24,27)/t16-/m0/s1. The molecule has 0 bridgehead atoms. The van der Waals surface area contributed by atoms with Crippen LogP contribution in [0.2, 0.25) is 0 Å². The average Bonchev–Trinajstić information content (AvgIpc) is 2.74. The number of rotatable bonds is 2. The number of aliphatic imine (C=N–C) groups is 1. The van der Waals surface area contributed by atoms with Crippen molar-refractivity contribution in [3.05, 3.63) is 24.3 Å². The number of carbonyl (C=O) groups is 1. The molecule has 4 rings (SSSR count). The lowest BCUT2D eigenvalue weighted by Gasteiger charge is -2.44. The molecule has 1 N–H and O–H groups in total. The number of benzene rings is 1. The van der Waals surface area contributed by atoms with Gasteiger partial charge in [0.2, 0.25) is 11.9 Å². The number of guanidine groups is 1. The van der Waals surface area contributed by atoms with Crippen molar-refractivity contribution in [1.29, 1.82) is 5.26 Å². The summed E-state index contributed by atoms with van der Waals surface area (Å²) >= 11 is 0. The minimum absolute atomic E-state index is 0.193. The Bertz CT molecular complexity index is 801. The first kappa shape index (κ1) is 18.6. The van der Waals surface area contributed by atoms with E-state index in [1.807, 2.05) is 18.2 Å². The Morgan fingerprint density at radius 1 is 1.14 bits per heavy atom. The molecule has 2 fully saturated rings. The summed E-state index contributed by atoms with van der Waals surface area (Å²) in [7, 11) is 1.69. The van der Waals surface area contributed by atoms with Crippen molar-refractivity contribution in [3.63, 3.8) is 0 Å². The van der Waals surface area contributed by atoms with Crippen molar-refractivity contribution in [2.75, 3.05) is 38.2 Å². The van der Waals surface area contributed by atoms with Crippen molar-refractivity contribution in [3.8, 4) is 11.8 Å². The van der Waals surface area contributed by atoms with Gasteiger partial charge in [-0.1, -0.05) is 31.4 Å². The van der Waals surface area contributed by atoms with Gasteiger partial charge in [0.05, 0.1) is 24.4 Å². The molecule has 1 amide bonds. The van der Waals surface area contributed by atoms with Crippen LogP contribution in [0.1, 0.15) is 32.1 Å². The molecule has 2 aliphatic heterocycles. The number of nitrogens with one attached hydrogen (secondary N) is 1. The molecule has 0 unspecified atom stereocenters. The Morgan fingerprint density at radius 2 is 1.82 bits per heavy atom. The van der Waals surface area contributed by atoms with Gasteiger partial charge in [-0.15, -0.1) is 0 Å². The first-order valence-electron chi connectivity index (χ1n) is 10.1. The van der Waals surface area contributed by atoms with Gasteiger partial charge in [-0.05, 0) is 25.0 Å². The number of carbonyl (C=O) groups excluding carboxylic acids is 1. The Balaban J connectivity index is 1.51. The van der Waals surface area contributed by atoms with Crippen LogP contribution in [0.25, 0.3) is 0 Å². The van der Waals surface area contributed by atoms with Crippen LogP contribution in [0, 0.1) is 17.2 Å². The predicted molar refractivity (Wildman–Crippen MR) is 107 cm³/mol. The molecule has 148 valence electrons. The number of ether oxygens (including phenoxy) is 1. The largest absolute Gasteiger partial charge is 0.495 e. The predicted octanol–water partition coefficient (Wildman–Crippen LogP) is 2.15. The molecule has 1 saturated carbocycles. The van der Waals surface area contributed by atoms with Gasteiger partial charge in [0.15, 0.2) is 5.92 Å². The number of hydrogen-bond acceptors (Lipinski definition) is 6. The lowest BCUT2D eigenvalue weighted by Crippen LogP contribution is -2.60. The van der Waals surface area contributed by atoms with Crippen LogP contribution >= 0.6 is 0 Å². The molecule has 1 aromatic rings. The Hall–Kier alpha value is -2.75. The van der Waals surface area contributed by atoms with Crippen LogP contribution in [-0.4, -0.2) is 55.6 Å². The van der Waals surface area contributed by atoms with Crippen molar-refractivity contribution in [1.82, 2.24) is 10.2 Å². The quantitative estimate of drug-likeness (QED) is 0.849. The smallest absolute Gasteiger partial charge is 0.246 e. The molecule has 28 heavy (non-hydrogen) atoms.